The molecule has 0 saturated heterocycles. The smallest absolute Gasteiger partial charge is 0.309 e. The second-order valence-corrected chi connectivity index (χ2v) is 8.11. The molecule has 152 valence electrons. The molecule has 0 spiro atoms. The van der Waals surface area contributed by atoms with Crippen molar-refractivity contribution in [2.75, 3.05) is 13.2 Å². The third-order valence-corrected chi connectivity index (χ3v) is 5.86. The van der Waals surface area contributed by atoms with Gasteiger partial charge in [-0.25, -0.2) is 0 Å². The Kier molecular flexibility index (Phi) is 10.6. The minimum Gasteiger partial charge on any atom is -0.462 e. The largest absolute Gasteiger partial charge is 0.462 e. The molecule has 0 atom stereocenters. The summed E-state index contributed by atoms with van der Waals surface area (Å²) in [7, 11) is 0. The van der Waals surface area contributed by atoms with Gasteiger partial charge in [0.05, 0.1) is 18.1 Å². The number of ether oxygens (including phenoxy) is 3. The summed E-state index contributed by atoms with van der Waals surface area (Å²) in [6, 6.07) is 0. The molecule has 2 rings (SSSR count). The van der Waals surface area contributed by atoms with E-state index in [-0.39, 0.29) is 18.0 Å². The van der Waals surface area contributed by atoms with E-state index < -0.39 is 0 Å². The normalized spacial score (nSPS) is 29.5. The van der Waals surface area contributed by atoms with Crippen molar-refractivity contribution in [2.45, 2.75) is 116 Å². The molecule has 0 aromatic heterocycles. The van der Waals surface area contributed by atoms with E-state index >= 15 is 0 Å². The molecule has 0 heterocycles. The fourth-order valence-corrected chi connectivity index (χ4v) is 4.04. The first kappa shape index (κ1) is 21.7. The highest BCUT2D eigenvalue weighted by atomic mass is 16.5. The minimum absolute atomic E-state index is 0.0318. The van der Waals surface area contributed by atoms with E-state index in [9.17, 15) is 4.79 Å². The van der Waals surface area contributed by atoms with Gasteiger partial charge in [0, 0.05) is 13.2 Å². The lowest BCUT2D eigenvalue weighted by Gasteiger charge is -2.31. The maximum Gasteiger partial charge on any atom is 0.309 e. The molecule has 0 unspecified atom stereocenters. The monoisotopic (exact) mass is 368 g/mol. The van der Waals surface area contributed by atoms with Crippen molar-refractivity contribution in [3.63, 3.8) is 0 Å². The predicted octanol–water partition coefficient (Wildman–Crippen LogP) is 5.42. The zero-order chi connectivity index (χ0) is 18.6. The van der Waals surface area contributed by atoms with E-state index in [1.165, 1.54) is 19.3 Å². The van der Waals surface area contributed by atoms with Crippen LogP contribution in [0.25, 0.3) is 0 Å². The molecule has 0 N–H and O–H groups in total. The summed E-state index contributed by atoms with van der Waals surface area (Å²) in [6.07, 6.45) is 14.6. The Bertz CT molecular complexity index is 368. The van der Waals surface area contributed by atoms with Crippen LogP contribution in [0.2, 0.25) is 0 Å². The second-order valence-electron chi connectivity index (χ2n) is 8.11. The van der Waals surface area contributed by atoms with Crippen LogP contribution >= 0.6 is 0 Å². The molecule has 2 fully saturated rings. The van der Waals surface area contributed by atoms with Gasteiger partial charge in [-0.15, -0.1) is 0 Å². The first-order valence-corrected chi connectivity index (χ1v) is 11.2. The Morgan fingerprint density at radius 3 is 1.77 bits per heavy atom. The second kappa shape index (κ2) is 12.7. The Labute approximate surface area is 160 Å². The molecule has 0 bridgehead atoms. The third-order valence-electron chi connectivity index (χ3n) is 5.86. The first-order chi connectivity index (χ1) is 12.7. The van der Waals surface area contributed by atoms with E-state index in [0.29, 0.717) is 12.2 Å². The van der Waals surface area contributed by atoms with Crippen LogP contribution in [0.3, 0.4) is 0 Å². The molecule has 2 saturated carbocycles. The standard InChI is InChI=1S/C22H40O4/c1-3-5-7-17-25-20-12-14-21(15-13-20)26-22(23)18-8-10-19(11-9-18)24-16-6-4-2/h18-21H,3-17H2,1-2H3. The number of carbonyl (C=O) groups is 1. The zero-order valence-corrected chi connectivity index (χ0v) is 17.0. The van der Waals surface area contributed by atoms with E-state index in [4.69, 9.17) is 14.2 Å². The van der Waals surface area contributed by atoms with Gasteiger partial charge in [0.1, 0.15) is 6.10 Å². The minimum atomic E-state index is 0.0318. The van der Waals surface area contributed by atoms with Crippen molar-refractivity contribution >= 4 is 5.97 Å². The summed E-state index contributed by atoms with van der Waals surface area (Å²) in [5.74, 6) is 0.119. The number of rotatable bonds is 11. The lowest BCUT2D eigenvalue weighted by atomic mass is 9.87. The van der Waals surface area contributed by atoms with Crippen LogP contribution in [0, 0.1) is 5.92 Å². The molecule has 0 amide bonds. The summed E-state index contributed by atoms with van der Waals surface area (Å²) in [5, 5.41) is 0. The van der Waals surface area contributed by atoms with Crippen molar-refractivity contribution < 1.29 is 19.0 Å². The highest BCUT2D eigenvalue weighted by Crippen LogP contribution is 2.30. The van der Waals surface area contributed by atoms with E-state index in [2.05, 4.69) is 13.8 Å². The van der Waals surface area contributed by atoms with Gasteiger partial charge in [-0.3, -0.25) is 4.79 Å². The molecule has 2 aliphatic rings. The van der Waals surface area contributed by atoms with Gasteiger partial charge in [0.25, 0.3) is 0 Å². The summed E-state index contributed by atoms with van der Waals surface area (Å²) in [5.41, 5.74) is 0. The molecular formula is C22H40O4. The Balaban J connectivity index is 1.56. The number of carbonyl (C=O) groups excluding carboxylic acids is 1. The Morgan fingerprint density at radius 1 is 0.692 bits per heavy atom. The Morgan fingerprint density at radius 2 is 1.19 bits per heavy atom. The average Bonchev–Trinajstić information content (AvgIpc) is 2.67. The molecule has 2 aliphatic carbocycles. The molecular weight excluding hydrogens is 328 g/mol. The van der Waals surface area contributed by atoms with Crippen LogP contribution in [-0.2, 0) is 19.0 Å². The van der Waals surface area contributed by atoms with Crippen LogP contribution < -0.4 is 0 Å². The molecule has 0 aromatic rings. The SMILES string of the molecule is CCCCCOC1CCC(OC(=O)C2CCC(OCCCC)CC2)CC1. The molecule has 26 heavy (non-hydrogen) atoms. The van der Waals surface area contributed by atoms with Gasteiger partial charge in [-0.1, -0.05) is 33.1 Å². The molecule has 0 radical (unpaired) electrons. The fourth-order valence-electron chi connectivity index (χ4n) is 4.04. The lowest BCUT2D eigenvalue weighted by Crippen LogP contribution is -2.33. The maximum atomic E-state index is 12.5. The van der Waals surface area contributed by atoms with Crippen LogP contribution in [0.1, 0.15) is 97.3 Å². The molecule has 4 nitrogen and oxygen atoms in total. The maximum absolute atomic E-state index is 12.5. The quantitative estimate of drug-likeness (QED) is 0.361. The van der Waals surface area contributed by atoms with Gasteiger partial charge in [0.15, 0.2) is 0 Å². The van der Waals surface area contributed by atoms with Crippen molar-refractivity contribution in [3.8, 4) is 0 Å². The van der Waals surface area contributed by atoms with E-state index in [1.54, 1.807) is 0 Å². The summed E-state index contributed by atoms with van der Waals surface area (Å²) in [6.45, 7) is 6.14. The van der Waals surface area contributed by atoms with Crippen molar-refractivity contribution in [3.05, 3.63) is 0 Å². The van der Waals surface area contributed by atoms with Crippen LogP contribution in [0.4, 0.5) is 0 Å². The van der Waals surface area contributed by atoms with Gasteiger partial charge < -0.3 is 14.2 Å². The van der Waals surface area contributed by atoms with Crippen LogP contribution in [-0.4, -0.2) is 37.5 Å². The molecule has 4 heteroatoms. The van der Waals surface area contributed by atoms with Gasteiger partial charge >= 0.3 is 5.97 Å². The lowest BCUT2D eigenvalue weighted by molar-refractivity contribution is -0.159. The highest BCUT2D eigenvalue weighted by Gasteiger charge is 2.31. The molecule has 0 aliphatic heterocycles. The fraction of sp³-hybridized carbons (Fsp3) is 0.955. The first-order valence-electron chi connectivity index (χ1n) is 11.2. The number of hydrogen-bond donors (Lipinski definition) is 0. The summed E-state index contributed by atoms with van der Waals surface area (Å²) >= 11 is 0. The Hall–Kier alpha value is -0.610. The van der Waals surface area contributed by atoms with Crippen LogP contribution in [0.15, 0.2) is 0 Å². The highest BCUT2D eigenvalue weighted by molar-refractivity contribution is 5.72. The average molecular weight is 369 g/mol. The number of esters is 1. The van der Waals surface area contributed by atoms with Gasteiger partial charge in [-0.05, 0) is 64.2 Å². The van der Waals surface area contributed by atoms with Crippen molar-refractivity contribution in [1.82, 2.24) is 0 Å². The van der Waals surface area contributed by atoms with Crippen molar-refractivity contribution in [1.29, 1.82) is 0 Å². The number of hydrogen-bond acceptors (Lipinski definition) is 4. The van der Waals surface area contributed by atoms with E-state index in [1.807, 2.05) is 0 Å². The molecule has 0 aromatic carbocycles. The van der Waals surface area contributed by atoms with Crippen LogP contribution in [0.5, 0.6) is 0 Å². The topological polar surface area (TPSA) is 44.8 Å². The van der Waals surface area contributed by atoms with E-state index in [0.717, 1.165) is 77.4 Å². The van der Waals surface area contributed by atoms with Gasteiger partial charge in [0.2, 0.25) is 0 Å². The zero-order valence-electron chi connectivity index (χ0n) is 17.0. The van der Waals surface area contributed by atoms with Crippen molar-refractivity contribution in [2.24, 2.45) is 5.92 Å². The third kappa shape index (κ3) is 7.96. The summed E-state index contributed by atoms with van der Waals surface area (Å²) in [4.78, 5) is 12.5. The number of unbranched alkanes of at least 4 members (excludes halogenated alkanes) is 3. The summed E-state index contributed by atoms with van der Waals surface area (Å²) < 4.78 is 17.7. The van der Waals surface area contributed by atoms with Gasteiger partial charge in [-0.2, -0.15) is 0 Å². The predicted molar refractivity (Wildman–Crippen MR) is 104 cm³/mol.